The molecular weight excluding hydrogens is 321 g/mol. The van der Waals surface area contributed by atoms with Gasteiger partial charge in [-0.25, -0.2) is 4.98 Å². The molecule has 1 aliphatic heterocycles. The molecule has 4 heterocycles. The van der Waals surface area contributed by atoms with Crippen LogP contribution >= 0.6 is 0 Å². The van der Waals surface area contributed by atoms with E-state index in [0.29, 0.717) is 25.5 Å². The van der Waals surface area contributed by atoms with Gasteiger partial charge in [-0.2, -0.15) is 13.2 Å². The molecule has 0 saturated carbocycles. The molecule has 0 aromatic carbocycles. The van der Waals surface area contributed by atoms with E-state index >= 15 is 0 Å². The zero-order valence-electron chi connectivity index (χ0n) is 13.0. The summed E-state index contributed by atoms with van der Waals surface area (Å²) in [5.74, 6) is -0.575. The lowest BCUT2D eigenvalue weighted by Crippen LogP contribution is -2.35. The number of imidazole rings is 1. The van der Waals surface area contributed by atoms with E-state index in [0.717, 1.165) is 21.5 Å². The molecule has 3 aromatic heterocycles. The van der Waals surface area contributed by atoms with E-state index in [4.69, 9.17) is 0 Å². The van der Waals surface area contributed by atoms with Crippen LogP contribution in [0.4, 0.5) is 13.2 Å². The van der Waals surface area contributed by atoms with Crippen molar-refractivity contribution in [3.63, 3.8) is 0 Å². The summed E-state index contributed by atoms with van der Waals surface area (Å²) in [7, 11) is 0. The highest BCUT2D eigenvalue weighted by Gasteiger charge is 2.39. The smallest absolute Gasteiger partial charge is 0.307 e. The van der Waals surface area contributed by atoms with Crippen LogP contribution in [0.15, 0.2) is 24.5 Å². The molecule has 24 heavy (non-hydrogen) atoms. The Labute approximate surface area is 135 Å². The number of rotatable bonds is 2. The van der Waals surface area contributed by atoms with E-state index in [1.54, 1.807) is 0 Å². The van der Waals surface area contributed by atoms with E-state index < -0.39 is 12.0 Å². The van der Waals surface area contributed by atoms with Gasteiger partial charge in [0.05, 0.1) is 12.2 Å². The molecule has 0 spiro atoms. The lowest BCUT2D eigenvalue weighted by Gasteiger charge is -2.27. The molecule has 0 atom stereocenters. The second-order valence-electron chi connectivity index (χ2n) is 6.00. The molecule has 0 amide bonds. The first-order valence-corrected chi connectivity index (χ1v) is 7.56. The Balaban J connectivity index is 1.53. The Morgan fingerprint density at radius 1 is 1.12 bits per heavy atom. The first-order valence-electron chi connectivity index (χ1n) is 7.56. The first kappa shape index (κ1) is 15.1. The number of hydrogen-bond acceptors (Lipinski definition) is 4. The SMILES string of the molecule is Cc1ccc2nc(CN3CCn4c(nnc4C(F)(F)F)C3)cn2c1. The minimum atomic E-state index is -4.47. The van der Waals surface area contributed by atoms with Crippen molar-refractivity contribution >= 4 is 5.65 Å². The van der Waals surface area contributed by atoms with Gasteiger partial charge in [0.1, 0.15) is 11.5 Å². The second-order valence-corrected chi connectivity index (χ2v) is 6.00. The summed E-state index contributed by atoms with van der Waals surface area (Å²) < 4.78 is 41.7. The molecule has 0 saturated heterocycles. The lowest BCUT2D eigenvalue weighted by atomic mass is 10.3. The van der Waals surface area contributed by atoms with Crippen molar-refractivity contribution in [3.05, 3.63) is 47.4 Å². The van der Waals surface area contributed by atoms with Crippen LogP contribution in [0.5, 0.6) is 0 Å². The van der Waals surface area contributed by atoms with Gasteiger partial charge in [0.15, 0.2) is 0 Å². The molecule has 126 valence electrons. The highest BCUT2D eigenvalue weighted by atomic mass is 19.4. The maximum Gasteiger partial charge on any atom is 0.451 e. The van der Waals surface area contributed by atoms with Crippen molar-refractivity contribution in [2.45, 2.75) is 32.7 Å². The minimum absolute atomic E-state index is 0.226. The number of alkyl halides is 3. The molecule has 0 unspecified atom stereocenters. The average molecular weight is 336 g/mol. The molecule has 0 aliphatic carbocycles. The third-order valence-corrected chi connectivity index (χ3v) is 4.12. The lowest BCUT2D eigenvalue weighted by molar-refractivity contribution is -0.148. The number of nitrogens with zero attached hydrogens (tertiary/aromatic N) is 6. The maximum atomic E-state index is 12.9. The molecule has 1 aliphatic rings. The average Bonchev–Trinajstić information content (AvgIpc) is 3.09. The summed E-state index contributed by atoms with van der Waals surface area (Å²) >= 11 is 0. The maximum absolute atomic E-state index is 12.9. The van der Waals surface area contributed by atoms with E-state index in [-0.39, 0.29) is 6.54 Å². The second kappa shape index (κ2) is 5.30. The van der Waals surface area contributed by atoms with Crippen molar-refractivity contribution < 1.29 is 13.2 Å². The Kier molecular flexibility index (Phi) is 3.34. The largest absolute Gasteiger partial charge is 0.451 e. The van der Waals surface area contributed by atoms with Gasteiger partial charge in [0.2, 0.25) is 5.82 Å². The topological polar surface area (TPSA) is 51.2 Å². The van der Waals surface area contributed by atoms with Crippen LogP contribution < -0.4 is 0 Å². The third kappa shape index (κ3) is 2.64. The van der Waals surface area contributed by atoms with Crippen molar-refractivity contribution in [1.82, 2.24) is 29.0 Å². The fourth-order valence-corrected chi connectivity index (χ4v) is 3.01. The van der Waals surface area contributed by atoms with Gasteiger partial charge in [-0.15, -0.1) is 10.2 Å². The zero-order chi connectivity index (χ0) is 16.9. The molecule has 6 nitrogen and oxygen atoms in total. The normalized spacial score (nSPS) is 15.8. The highest BCUT2D eigenvalue weighted by Crippen LogP contribution is 2.29. The van der Waals surface area contributed by atoms with Gasteiger partial charge in [-0.1, -0.05) is 6.07 Å². The molecule has 0 fully saturated rings. The van der Waals surface area contributed by atoms with Crippen LogP contribution in [0.1, 0.15) is 22.9 Å². The van der Waals surface area contributed by atoms with Crippen molar-refractivity contribution in [2.75, 3.05) is 6.54 Å². The van der Waals surface area contributed by atoms with E-state index in [9.17, 15) is 13.2 Å². The van der Waals surface area contributed by atoms with Gasteiger partial charge >= 0.3 is 6.18 Å². The predicted molar refractivity (Wildman–Crippen MR) is 79.1 cm³/mol. The van der Waals surface area contributed by atoms with Gasteiger partial charge in [0, 0.05) is 32.0 Å². The summed E-state index contributed by atoms with van der Waals surface area (Å²) in [5, 5.41) is 6.99. The van der Waals surface area contributed by atoms with E-state index in [1.165, 1.54) is 0 Å². The fraction of sp³-hybridized carbons (Fsp3) is 0.400. The third-order valence-electron chi connectivity index (χ3n) is 4.12. The summed E-state index contributed by atoms with van der Waals surface area (Å²) in [6, 6.07) is 3.94. The van der Waals surface area contributed by atoms with Crippen molar-refractivity contribution in [1.29, 1.82) is 0 Å². The quantitative estimate of drug-likeness (QED) is 0.720. The number of aryl methyl sites for hydroxylation is 1. The zero-order valence-corrected chi connectivity index (χ0v) is 13.0. The summed E-state index contributed by atoms with van der Waals surface area (Å²) in [5.41, 5.74) is 2.87. The molecule has 3 aromatic rings. The van der Waals surface area contributed by atoms with Crippen LogP contribution in [0.3, 0.4) is 0 Å². The van der Waals surface area contributed by atoms with E-state index in [2.05, 4.69) is 15.2 Å². The predicted octanol–water partition coefficient (Wildman–Crippen LogP) is 2.27. The van der Waals surface area contributed by atoms with E-state index in [1.807, 2.05) is 40.8 Å². The number of hydrogen-bond donors (Lipinski definition) is 0. The number of pyridine rings is 1. The standard InChI is InChI=1S/C15H15F3N6/c1-10-2-3-12-19-11(8-23(12)6-10)7-22-4-5-24-13(9-22)20-21-14(24)15(16,17)18/h2-3,6,8H,4-5,7,9H2,1H3. The van der Waals surface area contributed by atoms with Gasteiger partial charge < -0.3 is 8.97 Å². The van der Waals surface area contributed by atoms with Gasteiger partial charge in [0.25, 0.3) is 0 Å². The number of aromatic nitrogens is 5. The van der Waals surface area contributed by atoms with Gasteiger partial charge in [-0.05, 0) is 18.6 Å². The molecule has 9 heteroatoms. The van der Waals surface area contributed by atoms with Crippen molar-refractivity contribution in [2.24, 2.45) is 0 Å². The highest BCUT2D eigenvalue weighted by molar-refractivity contribution is 5.41. The fourth-order valence-electron chi connectivity index (χ4n) is 3.01. The Morgan fingerprint density at radius 2 is 1.96 bits per heavy atom. The minimum Gasteiger partial charge on any atom is -0.307 e. The molecular formula is C15H15F3N6. The van der Waals surface area contributed by atoms with Gasteiger partial charge in [-0.3, -0.25) is 4.90 Å². The number of fused-ring (bicyclic) bond motifs is 2. The Morgan fingerprint density at radius 3 is 2.75 bits per heavy atom. The first-order chi connectivity index (χ1) is 11.4. The monoisotopic (exact) mass is 336 g/mol. The summed E-state index contributed by atoms with van der Waals surface area (Å²) in [6.07, 6.45) is -0.524. The summed E-state index contributed by atoms with van der Waals surface area (Å²) in [6.45, 7) is 3.63. The van der Waals surface area contributed by atoms with Crippen LogP contribution in [0.2, 0.25) is 0 Å². The van der Waals surface area contributed by atoms with Crippen molar-refractivity contribution in [3.8, 4) is 0 Å². The van der Waals surface area contributed by atoms with Crippen LogP contribution in [-0.4, -0.2) is 35.6 Å². The summed E-state index contributed by atoms with van der Waals surface area (Å²) in [4.78, 5) is 6.57. The van der Waals surface area contributed by atoms with Crippen LogP contribution in [-0.2, 0) is 25.8 Å². The molecule has 0 N–H and O–H groups in total. The van der Waals surface area contributed by atoms with Crippen LogP contribution in [0, 0.1) is 6.92 Å². The Hall–Kier alpha value is -2.42. The van der Waals surface area contributed by atoms with Crippen LogP contribution in [0.25, 0.3) is 5.65 Å². The molecule has 0 radical (unpaired) electrons. The number of halogens is 3. The Bertz CT molecular complexity index is 894. The molecule has 0 bridgehead atoms. The molecule has 4 rings (SSSR count).